The highest BCUT2D eigenvalue weighted by atomic mass is 19.4. The zero-order valence-electron chi connectivity index (χ0n) is 8.88. The van der Waals surface area contributed by atoms with Crippen LogP contribution in [0.15, 0.2) is 18.2 Å². The van der Waals surface area contributed by atoms with E-state index in [9.17, 15) is 18.0 Å². The molecule has 0 bridgehead atoms. The van der Waals surface area contributed by atoms with Crippen molar-refractivity contribution in [3.05, 3.63) is 34.9 Å². The van der Waals surface area contributed by atoms with Crippen molar-refractivity contribution in [2.75, 3.05) is 0 Å². The molecule has 0 radical (unpaired) electrons. The number of hydrogen-bond acceptors (Lipinski definition) is 2. The first-order chi connectivity index (χ1) is 8.36. The molecule has 3 nitrogen and oxygen atoms in total. The minimum Gasteiger partial charge on any atom is -0.478 e. The van der Waals surface area contributed by atoms with Crippen LogP contribution in [-0.4, -0.2) is 11.1 Å². The Morgan fingerprint density at radius 2 is 2.06 bits per heavy atom. The van der Waals surface area contributed by atoms with E-state index in [1.54, 1.807) is 6.07 Å². The number of nitrogens with zero attached hydrogens (tertiary/aromatic N) is 1. The maximum Gasteiger partial charge on any atom is 0.416 e. The number of nitriles is 1. The minimum absolute atomic E-state index is 0.185. The van der Waals surface area contributed by atoms with Crippen LogP contribution in [0.5, 0.6) is 0 Å². The third-order valence-electron chi connectivity index (χ3n) is 1.97. The van der Waals surface area contributed by atoms with Gasteiger partial charge in [-0.2, -0.15) is 18.4 Å². The Balaban J connectivity index is 3.31. The highest BCUT2D eigenvalue weighted by Gasteiger charge is 2.31. The SMILES string of the molecule is N#CCC#Cc1cc(C(F)(F)F)ccc1C(=O)O. The van der Waals surface area contributed by atoms with E-state index in [0.29, 0.717) is 12.1 Å². The Morgan fingerprint density at radius 1 is 1.39 bits per heavy atom. The van der Waals surface area contributed by atoms with E-state index < -0.39 is 17.7 Å². The van der Waals surface area contributed by atoms with E-state index in [-0.39, 0.29) is 17.5 Å². The van der Waals surface area contributed by atoms with Crippen LogP contribution in [0.4, 0.5) is 13.2 Å². The van der Waals surface area contributed by atoms with Crippen molar-refractivity contribution >= 4 is 5.97 Å². The average molecular weight is 253 g/mol. The topological polar surface area (TPSA) is 61.1 Å². The lowest BCUT2D eigenvalue weighted by Crippen LogP contribution is -2.08. The second-order valence-corrected chi connectivity index (χ2v) is 3.20. The van der Waals surface area contributed by atoms with E-state index in [2.05, 4.69) is 11.8 Å². The average Bonchev–Trinajstić information content (AvgIpc) is 2.27. The fourth-order valence-corrected chi connectivity index (χ4v) is 1.19. The summed E-state index contributed by atoms with van der Waals surface area (Å²) >= 11 is 0. The molecule has 1 rings (SSSR count). The molecule has 92 valence electrons. The molecule has 6 heteroatoms. The van der Waals surface area contributed by atoms with Crippen molar-refractivity contribution in [2.45, 2.75) is 12.6 Å². The summed E-state index contributed by atoms with van der Waals surface area (Å²) in [6.07, 6.45) is -4.75. The predicted octanol–water partition coefficient (Wildman–Crippen LogP) is 2.67. The molecule has 0 aliphatic heterocycles. The van der Waals surface area contributed by atoms with Gasteiger partial charge >= 0.3 is 12.1 Å². The number of carboxylic acids is 1. The van der Waals surface area contributed by atoms with Gasteiger partial charge in [0.25, 0.3) is 0 Å². The maximum absolute atomic E-state index is 12.4. The van der Waals surface area contributed by atoms with Crippen LogP contribution in [0.1, 0.15) is 27.9 Å². The summed E-state index contributed by atoms with van der Waals surface area (Å²) < 4.78 is 37.3. The van der Waals surface area contributed by atoms with Gasteiger partial charge in [-0.05, 0) is 18.2 Å². The van der Waals surface area contributed by atoms with Crippen LogP contribution in [0.3, 0.4) is 0 Å². The van der Waals surface area contributed by atoms with Crippen molar-refractivity contribution in [1.29, 1.82) is 5.26 Å². The van der Waals surface area contributed by atoms with Gasteiger partial charge in [0.05, 0.1) is 23.6 Å². The molecule has 0 atom stereocenters. The Hall–Kier alpha value is -2.47. The van der Waals surface area contributed by atoms with Crippen molar-refractivity contribution in [1.82, 2.24) is 0 Å². The van der Waals surface area contributed by atoms with E-state index in [4.69, 9.17) is 10.4 Å². The van der Waals surface area contributed by atoms with Gasteiger partial charge in [-0.25, -0.2) is 4.79 Å². The summed E-state index contributed by atoms with van der Waals surface area (Å²) in [6.45, 7) is 0. The van der Waals surface area contributed by atoms with E-state index in [1.807, 2.05) is 0 Å². The molecule has 0 heterocycles. The van der Waals surface area contributed by atoms with Gasteiger partial charge in [0, 0.05) is 5.56 Å². The van der Waals surface area contributed by atoms with Crippen molar-refractivity contribution in [3.63, 3.8) is 0 Å². The molecule has 1 aromatic rings. The molecule has 0 aliphatic rings. The highest BCUT2D eigenvalue weighted by Crippen LogP contribution is 2.30. The minimum atomic E-state index is -4.57. The third kappa shape index (κ3) is 3.26. The van der Waals surface area contributed by atoms with Gasteiger partial charge in [0.15, 0.2) is 0 Å². The monoisotopic (exact) mass is 253 g/mol. The van der Waals surface area contributed by atoms with Crippen LogP contribution in [0.25, 0.3) is 0 Å². The zero-order valence-corrected chi connectivity index (χ0v) is 8.88. The van der Waals surface area contributed by atoms with E-state index in [0.717, 1.165) is 6.07 Å². The molecular formula is C12H6F3NO2. The Morgan fingerprint density at radius 3 is 2.56 bits per heavy atom. The van der Waals surface area contributed by atoms with E-state index in [1.165, 1.54) is 0 Å². The summed E-state index contributed by atoms with van der Waals surface area (Å²) in [6, 6.07) is 3.88. The highest BCUT2D eigenvalue weighted by molar-refractivity contribution is 5.90. The molecule has 0 amide bonds. The number of rotatable bonds is 1. The Labute approximate surface area is 100 Å². The maximum atomic E-state index is 12.4. The second kappa shape index (κ2) is 5.24. The Bertz CT molecular complexity index is 574. The molecular weight excluding hydrogens is 247 g/mol. The largest absolute Gasteiger partial charge is 0.478 e. The molecule has 0 aliphatic carbocycles. The van der Waals surface area contributed by atoms with Crippen LogP contribution in [0.2, 0.25) is 0 Å². The fraction of sp³-hybridized carbons (Fsp3) is 0.167. The van der Waals surface area contributed by atoms with Crippen LogP contribution < -0.4 is 0 Å². The van der Waals surface area contributed by atoms with Crippen LogP contribution in [-0.2, 0) is 6.18 Å². The van der Waals surface area contributed by atoms with Crippen molar-refractivity contribution in [3.8, 4) is 17.9 Å². The number of aromatic carboxylic acids is 1. The van der Waals surface area contributed by atoms with Gasteiger partial charge in [0.2, 0.25) is 0 Å². The molecule has 18 heavy (non-hydrogen) atoms. The molecule has 0 fully saturated rings. The number of benzene rings is 1. The lowest BCUT2D eigenvalue weighted by Gasteiger charge is -2.08. The molecule has 0 aromatic heterocycles. The van der Waals surface area contributed by atoms with E-state index >= 15 is 0 Å². The predicted molar refractivity (Wildman–Crippen MR) is 55.5 cm³/mol. The first kappa shape index (κ1) is 13.6. The quantitative estimate of drug-likeness (QED) is 0.782. The normalized spacial score (nSPS) is 10.1. The van der Waals surface area contributed by atoms with Crippen molar-refractivity contribution in [2.24, 2.45) is 0 Å². The summed E-state index contributed by atoms with van der Waals surface area (Å²) in [4.78, 5) is 10.8. The van der Waals surface area contributed by atoms with Gasteiger partial charge < -0.3 is 5.11 Å². The summed E-state index contributed by atoms with van der Waals surface area (Å²) in [5.74, 6) is 3.17. The number of halogens is 3. The molecule has 0 saturated carbocycles. The molecule has 1 aromatic carbocycles. The van der Waals surface area contributed by atoms with Crippen LogP contribution in [0, 0.1) is 23.2 Å². The first-order valence-electron chi connectivity index (χ1n) is 4.66. The molecule has 0 unspecified atom stereocenters. The molecule has 0 spiro atoms. The lowest BCUT2D eigenvalue weighted by atomic mass is 10.0. The van der Waals surface area contributed by atoms with Gasteiger partial charge in [-0.1, -0.05) is 11.8 Å². The molecule has 1 N–H and O–H groups in total. The number of hydrogen-bond donors (Lipinski definition) is 1. The number of carbonyl (C=O) groups is 1. The molecule has 0 saturated heterocycles. The van der Waals surface area contributed by atoms with Gasteiger partial charge in [-0.15, -0.1) is 0 Å². The zero-order chi connectivity index (χ0) is 13.8. The number of alkyl halides is 3. The van der Waals surface area contributed by atoms with Crippen molar-refractivity contribution < 1.29 is 23.1 Å². The number of carboxylic acid groups (broad SMARTS) is 1. The van der Waals surface area contributed by atoms with Gasteiger partial charge in [0.1, 0.15) is 0 Å². The van der Waals surface area contributed by atoms with Crippen LogP contribution >= 0.6 is 0 Å². The summed E-state index contributed by atoms with van der Waals surface area (Å²) in [7, 11) is 0. The summed E-state index contributed by atoms with van der Waals surface area (Å²) in [5.41, 5.74) is -1.56. The smallest absolute Gasteiger partial charge is 0.416 e. The third-order valence-corrected chi connectivity index (χ3v) is 1.97. The van der Waals surface area contributed by atoms with Gasteiger partial charge in [-0.3, -0.25) is 0 Å². The fourth-order valence-electron chi connectivity index (χ4n) is 1.19. The Kier molecular flexibility index (Phi) is 3.96. The lowest BCUT2D eigenvalue weighted by molar-refractivity contribution is -0.137. The second-order valence-electron chi connectivity index (χ2n) is 3.20. The first-order valence-corrected chi connectivity index (χ1v) is 4.66. The standard InChI is InChI=1S/C12H6F3NO2/c13-12(14,15)9-4-5-10(11(17)18)8(7-9)3-1-2-6-16/h4-5,7H,2H2,(H,17,18). The summed E-state index contributed by atoms with van der Waals surface area (Å²) in [5, 5.41) is 17.1.